The Hall–Kier alpha value is -2.55. The van der Waals surface area contributed by atoms with Gasteiger partial charge in [-0.25, -0.2) is 4.98 Å². The van der Waals surface area contributed by atoms with Gasteiger partial charge in [0, 0.05) is 17.8 Å². The summed E-state index contributed by atoms with van der Waals surface area (Å²) in [5.74, 6) is 1.77. The highest BCUT2D eigenvalue weighted by atomic mass is 16.5. The highest BCUT2D eigenvalue weighted by molar-refractivity contribution is 5.75. The molecule has 0 unspecified atom stereocenters. The molecule has 0 aliphatic heterocycles. The zero-order valence-corrected chi connectivity index (χ0v) is 13.0. The van der Waals surface area contributed by atoms with Crippen LogP contribution in [0.1, 0.15) is 35.9 Å². The van der Waals surface area contributed by atoms with Gasteiger partial charge in [0.2, 0.25) is 0 Å². The second-order valence-electron chi connectivity index (χ2n) is 5.29. The molecule has 1 aliphatic rings. The van der Waals surface area contributed by atoms with Crippen LogP contribution in [-0.4, -0.2) is 16.7 Å². The number of ether oxygens (including phenoxy) is 1. The average Bonchev–Trinajstić information content (AvgIpc) is 2.88. The van der Waals surface area contributed by atoms with E-state index >= 15 is 0 Å². The van der Waals surface area contributed by atoms with Gasteiger partial charge in [0.15, 0.2) is 0 Å². The third-order valence-electron chi connectivity index (χ3n) is 3.97. The van der Waals surface area contributed by atoms with Gasteiger partial charge in [0.1, 0.15) is 5.82 Å². The van der Waals surface area contributed by atoms with Crippen molar-refractivity contribution in [3.05, 3.63) is 65.3 Å². The smallest absolute Gasteiger partial charge is 0.137 e. The van der Waals surface area contributed by atoms with Crippen LogP contribution in [0.15, 0.2) is 42.8 Å². The zero-order valence-electron chi connectivity index (χ0n) is 13.0. The number of rotatable bonds is 4. The van der Waals surface area contributed by atoms with Crippen LogP contribution in [0.2, 0.25) is 0 Å². The lowest BCUT2D eigenvalue weighted by Gasteiger charge is -2.12. The van der Waals surface area contributed by atoms with Crippen LogP contribution >= 0.6 is 0 Å². The number of methoxy groups -OCH3 is 1. The van der Waals surface area contributed by atoms with Gasteiger partial charge in [-0.3, -0.25) is 4.57 Å². The topological polar surface area (TPSA) is 27.1 Å². The summed E-state index contributed by atoms with van der Waals surface area (Å²) in [6.45, 7) is 5.97. The molecule has 0 aromatic carbocycles. The van der Waals surface area contributed by atoms with E-state index in [0.29, 0.717) is 0 Å². The van der Waals surface area contributed by atoms with Gasteiger partial charge < -0.3 is 4.74 Å². The average molecular weight is 292 g/mol. The molecule has 0 radical (unpaired) electrons. The fourth-order valence-electron chi connectivity index (χ4n) is 2.89. The zero-order chi connectivity index (χ0) is 15.5. The predicted octanol–water partition coefficient (Wildman–Crippen LogP) is 4.48. The largest absolute Gasteiger partial charge is 0.501 e. The first-order chi connectivity index (χ1) is 10.8. The van der Waals surface area contributed by atoms with Crippen molar-refractivity contribution >= 4 is 18.2 Å². The van der Waals surface area contributed by atoms with Crippen molar-refractivity contribution in [2.75, 3.05) is 7.11 Å². The van der Waals surface area contributed by atoms with Crippen molar-refractivity contribution in [1.29, 1.82) is 0 Å². The monoisotopic (exact) mass is 292 g/mol. The second kappa shape index (κ2) is 6.06. The van der Waals surface area contributed by atoms with E-state index in [2.05, 4.69) is 34.4 Å². The van der Waals surface area contributed by atoms with E-state index in [9.17, 15) is 0 Å². The number of aromatic nitrogens is 2. The van der Waals surface area contributed by atoms with Crippen molar-refractivity contribution in [2.45, 2.75) is 19.8 Å². The molecule has 0 spiro atoms. The fraction of sp³-hybridized carbons (Fsp3) is 0.211. The number of hydrogen-bond donors (Lipinski definition) is 0. The molecule has 0 amide bonds. The summed E-state index contributed by atoms with van der Waals surface area (Å²) >= 11 is 0. The molecule has 2 aromatic heterocycles. The summed E-state index contributed by atoms with van der Waals surface area (Å²) in [6.07, 6.45) is 12.3. The minimum Gasteiger partial charge on any atom is -0.501 e. The van der Waals surface area contributed by atoms with E-state index in [1.54, 1.807) is 7.11 Å². The molecule has 0 bridgehead atoms. The van der Waals surface area contributed by atoms with Gasteiger partial charge in [-0.05, 0) is 43.5 Å². The highest BCUT2D eigenvalue weighted by Crippen LogP contribution is 2.33. The third-order valence-corrected chi connectivity index (χ3v) is 3.97. The van der Waals surface area contributed by atoms with E-state index in [1.165, 1.54) is 16.8 Å². The van der Waals surface area contributed by atoms with Gasteiger partial charge in [0.25, 0.3) is 0 Å². The molecule has 0 atom stereocenters. The highest BCUT2D eigenvalue weighted by Gasteiger charge is 2.21. The Labute approximate surface area is 131 Å². The Kier molecular flexibility index (Phi) is 3.96. The molecular weight excluding hydrogens is 272 g/mol. The molecular formula is C19H20N2O. The Morgan fingerprint density at radius 1 is 1.41 bits per heavy atom. The van der Waals surface area contributed by atoms with Crippen molar-refractivity contribution < 1.29 is 4.74 Å². The third kappa shape index (κ3) is 2.39. The molecule has 1 aliphatic carbocycles. The van der Waals surface area contributed by atoms with Crippen LogP contribution in [0.5, 0.6) is 0 Å². The van der Waals surface area contributed by atoms with E-state index in [1.807, 2.05) is 37.4 Å². The van der Waals surface area contributed by atoms with E-state index in [-0.39, 0.29) is 0 Å². The molecule has 3 nitrogen and oxygen atoms in total. The van der Waals surface area contributed by atoms with E-state index < -0.39 is 0 Å². The van der Waals surface area contributed by atoms with Crippen molar-refractivity contribution in [3.63, 3.8) is 0 Å². The summed E-state index contributed by atoms with van der Waals surface area (Å²) in [4.78, 5) is 4.52. The van der Waals surface area contributed by atoms with E-state index in [0.717, 1.165) is 30.1 Å². The number of pyridine rings is 1. The molecule has 3 rings (SSSR count). The van der Waals surface area contributed by atoms with Crippen LogP contribution in [-0.2, 0) is 11.2 Å². The second-order valence-corrected chi connectivity index (χ2v) is 5.29. The van der Waals surface area contributed by atoms with Gasteiger partial charge >= 0.3 is 0 Å². The standard InChI is InChI=1S/C19H20N2O/c1-4-15-16-9-5-6-10-17(16)21(18(15)13-14(2)22-3)19-11-7-8-12-20-19/h4,6-8,10-13H,1,5,9H2,2-3H3/b14-13+. The molecule has 0 fully saturated rings. The summed E-state index contributed by atoms with van der Waals surface area (Å²) in [5.41, 5.74) is 4.76. The van der Waals surface area contributed by atoms with E-state index in [4.69, 9.17) is 4.74 Å². The quantitative estimate of drug-likeness (QED) is 0.777. The number of hydrogen-bond acceptors (Lipinski definition) is 2. The fourth-order valence-corrected chi connectivity index (χ4v) is 2.89. The predicted molar refractivity (Wildman–Crippen MR) is 91.7 cm³/mol. The van der Waals surface area contributed by atoms with Gasteiger partial charge in [-0.15, -0.1) is 0 Å². The molecule has 3 heteroatoms. The van der Waals surface area contributed by atoms with Crippen molar-refractivity contribution in [1.82, 2.24) is 9.55 Å². The lowest BCUT2D eigenvalue weighted by atomic mass is 9.99. The van der Waals surface area contributed by atoms with Gasteiger partial charge in [-0.2, -0.15) is 0 Å². The molecule has 0 N–H and O–H groups in total. The first-order valence-electron chi connectivity index (χ1n) is 7.46. The molecule has 2 heterocycles. The van der Waals surface area contributed by atoms with Gasteiger partial charge in [0.05, 0.1) is 24.3 Å². The maximum Gasteiger partial charge on any atom is 0.137 e. The Morgan fingerprint density at radius 2 is 2.27 bits per heavy atom. The number of fused-ring (bicyclic) bond motifs is 1. The minimum atomic E-state index is 0.860. The molecule has 112 valence electrons. The van der Waals surface area contributed by atoms with Crippen molar-refractivity contribution in [2.24, 2.45) is 0 Å². The van der Waals surface area contributed by atoms with Crippen LogP contribution in [0, 0.1) is 0 Å². The summed E-state index contributed by atoms with van der Waals surface area (Å²) in [7, 11) is 1.69. The summed E-state index contributed by atoms with van der Waals surface area (Å²) < 4.78 is 7.54. The lowest BCUT2D eigenvalue weighted by Crippen LogP contribution is -2.03. The van der Waals surface area contributed by atoms with Crippen molar-refractivity contribution in [3.8, 4) is 5.82 Å². The molecule has 22 heavy (non-hydrogen) atoms. The normalized spacial score (nSPS) is 13.8. The van der Waals surface area contributed by atoms with Crippen LogP contribution < -0.4 is 0 Å². The number of nitrogens with zero attached hydrogens (tertiary/aromatic N) is 2. The van der Waals surface area contributed by atoms with Crippen LogP contribution in [0.25, 0.3) is 24.0 Å². The minimum absolute atomic E-state index is 0.860. The lowest BCUT2D eigenvalue weighted by molar-refractivity contribution is 0.297. The van der Waals surface area contributed by atoms with Crippen LogP contribution in [0.3, 0.4) is 0 Å². The Bertz CT molecular complexity index is 751. The molecule has 0 saturated carbocycles. The first kappa shape index (κ1) is 14.4. The van der Waals surface area contributed by atoms with Crippen LogP contribution in [0.4, 0.5) is 0 Å². The SMILES string of the molecule is C=Cc1c2c(n(-c3ccccn3)c1/C=C(\C)OC)C=CCC2. The maximum absolute atomic E-state index is 5.35. The summed E-state index contributed by atoms with van der Waals surface area (Å²) in [5, 5.41) is 0. The van der Waals surface area contributed by atoms with Gasteiger partial charge in [-0.1, -0.05) is 24.8 Å². The Balaban J connectivity index is 2.33. The molecule has 2 aromatic rings. The maximum atomic E-state index is 5.35. The summed E-state index contributed by atoms with van der Waals surface area (Å²) in [6, 6.07) is 5.96. The number of allylic oxidation sites excluding steroid dienone is 2. The Morgan fingerprint density at radius 3 is 2.95 bits per heavy atom. The first-order valence-corrected chi connectivity index (χ1v) is 7.46. The molecule has 0 saturated heterocycles.